The first-order chi connectivity index (χ1) is 8.74. The van der Waals surface area contributed by atoms with Crippen molar-refractivity contribution in [3.8, 4) is 5.75 Å². The second-order valence-electron chi connectivity index (χ2n) is 3.89. The minimum absolute atomic E-state index is 0.312. The molecule has 0 bridgehead atoms. The Kier molecular flexibility index (Phi) is 3.77. The highest BCUT2D eigenvalue weighted by Crippen LogP contribution is 2.20. The molecule has 0 aliphatic heterocycles. The maximum atomic E-state index is 11.4. The normalized spacial score (nSPS) is 10.3. The van der Waals surface area contributed by atoms with Crippen LogP contribution in [0.5, 0.6) is 5.75 Å². The second-order valence-corrected chi connectivity index (χ2v) is 3.89. The van der Waals surface area contributed by atoms with Crippen molar-refractivity contribution in [1.82, 2.24) is 4.98 Å². The molecule has 0 N–H and O–H groups in total. The van der Waals surface area contributed by atoms with Gasteiger partial charge in [-0.15, -0.1) is 0 Å². The Hall–Kier alpha value is -2.10. The van der Waals surface area contributed by atoms with Crippen LogP contribution in [0.25, 0.3) is 10.9 Å². The van der Waals surface area contributed by atoms with E-state index in [1.807, 2.05) is 24.3 Å². The second kappa shape index (κ2) is 5.49. The van der Waals surface area contributed by atoms with E-state index in [4.69, 9.17) is 4.74 Å². The zero-order valence-corrected chi connectivity index (χ0v) is 10.5. The van der Waals surface area contributed by atoms with E-state index >= 15 is 0 Å². The van der Waals surface area contributed by atoms with Gasteiger partial charge in [0.25, 0.3) is 0 Å². The molecule has 18 heavy (non-hydrogen) atoms. The fourth-order valence-corrected chi connectivity index (χ4v) is 1.63. The summed E-state index contributed by atoms with van der Waals surface area (Å²) in [4.78, 5) is 15.6. The number of ether oxygens (including phenoxy) is 2. The highest BCUT2D eigenvalue weighted by Gasteiger charge is 2.08. The summed E-state index contributed by atoms with van der Waals surface area (Å²) in [5.74, 6) is 0.389. The number of hydrogen-bond donors (Lipinski definition) is 0. The third-order valence-electron chi connectivity index (χ3n) is 2.53. The Bertz CT molecular complexity index is 566. The maximum absolute atomic E-state index is 11.4. The van der Waals surface area contributed by atoms with Crippen LogP contribution in [0.15, 0.2) is 30.3 Å². The predicted octanol–water partition coefficient (Wildman–Crippen LogP) is 2.81. The Balaban J connectivity index is 2.33. The molecule has 0 saturated heterocycles. The van der Waals surface area contributed by atoms with Crippen molar-refractivity contribution in [2.24, 2.45) is 0 Å². The summed E-state index contributed by atoms with van der Waals surface area (Å²) < 4.78 is 10.2. The molecule has 0 atom stereocenters. The fraction of sp³-hybridized carbons (Fsp3) is 0.286. The van der Waals surface area contributed by atoms with E-state index in [0.29, 0.717) is 12.3 Å². The smallest absolute Gasteiger partial charge is 0.356 e. The van der Waals surface area contributed by atoms with Gasteiger partial charge in [0.2, 0.25) is 0 Å². The van der Waals surface area contributed by atoms with Crippen LogP contribution in [0, 0.1) is 0 Å². The molecule has 0 radical (unpaired) electrons. The molecule has 2 aromatic rings. The number of methoxy groups -OCH3 is 1. The van der Waals surface area contributed by atoms with Gasteiger partial charge < -0.3 is 9.47 Å². The number of esters is 1. The predicted molar refractivity (Wildman–Crippen MR) is 68.9 cm³/mol. The van der Waals surface area contributed by atoms with Crippen molar-refractivity contribution >= 4 is 16.9 Å². The molecule has 0 saturated carbocycles. The molecule has 4 nitrogen and oxygen atoms in total. The van der Waals surface area contributed by atoms with E-state index in [2.05, 4.69) is 16.6 Å². The molecule has 0 amide bonds. The highest BCUT2D eigenvalue weighted by molar-refractivity contribution is 5.91. The van der Waals surface area contributed by atoms with Gasteiger partial charge in [-0.05, 0) is 30.7 Å². The molecule has 2 rings (SSSR count). The van der Waals surface area contributed by atoms with E-state index in [1.165, 1.54) is 7.11 Å². The van der Waals surface area contributed by atoms with Crippen LogP contribution in [0.3, 0.4) is 0 Å². The molecule has 0 aliphatic rings. The molecule has 0 unspecified atom stereocenters. The molecule has 0 fully saturated rings. The number of nitrogens with zero attached hydrogens (tertiary/aromatic N) is 1. The third kappa shape index (κ3) is 2.59. The topological polar surface area (TPSA) is 48.4 Å². The van der Waals surface area contributed by atoms with Gasteiger partial charge in [-0.25, -0.2) is 9.78 Å². The average molecular weight is 245 g/mol. The monoisotopic (exact) mass is 245 g/mol. The molecule has 1 aromatic carbocycles. The highest BCUT2D eigenvalue weighted by atomic mass is 16.5. The van der Waals surface area contributed by atoms with Crippen LogP contribution in [0.2, 0.25) is 0 Å². The molecule has 0 aliphatic carbocycles. The van der Waals surface area contributed by atoms with Crippen LogP contribution >= 0.6 is 0 Å². The molecular formula is C14H15NO3. The lowest BCUT2D eigenvalue weighted by Gasteiger charge is -2.06. The molecule has 1 heterocycles. The largest absolute Gasteiger partial charge is 0.494 e. The number of rotatable bonds is 4. The standard InChI is InChI=1S/C14H15NO3/c1-3-8-18-11-5-7-12-10(9-11)4-6-13(15-12)14(16)17-2/h4-7,9H,3,8H2,1-2H3. The van der Waals surface area contributed by atoms with E-state index in [1.54, 1.807) is 6.07 Å². The van der Waals surface area contributed by atoms with Gasteiger partial charge in [0.1, 0.15) is 11.4 Å². The SMILES string of the molecule is CCCOc1ccc2nc(C(=O)OC)ccc2c1. The van der Waals surface area contributed by atoms with Gasteiger partial charge in [-0.1, -0.05) is 13.0 Å². The van der Waals surface area contributed by atoms with Crippen molar-refractivity contribution in [2.45, 2.75) is 13.3 Å². The summed E-state index contributed by atoms with van der Waals surface area (Å²) in [6.45, 7) is 2.75. The molecular weight excluding hydrogens is 230 g/mol. The van der Waals surface area contributed by atoms with Crippen molar-refractivity contribution in [2.75, 3.05) is 13.7 Å². The Labute approximate surface area is 106 Å². The minimum atomic E-state index is -0.428. The summed E-state index contributed by atoms with van der Waals surface area (Å²) in [5.41, 5.74) is 1.06. The van der Waals surface area contributed by atoms with Crippen LogP contribution in [0.1, 0.15) is 23.8 Å². The zero-order chi connectivity index (χ0) is 13.0. The summed E-state index contributed by atoms with van der Waals surface area (Å²) in [6.07, 6.45) is 0.970. The number of carbonyl (C=O) groups excluding carboxylic acids is 1. The Morgan fingerprint density at radius 1 is 1.28 bits per heavy atom. The number of aromatic nitrogens is 1. The molecule has 0 spiro atoms. The van der Waals surface area contributed by atoms with Gasteiger partial charge in [-0.3, -0.25) is 0 Å². The van der Waals surface area contributed by atoms with Crippen LogP contribution < -0.4 is 4.74 Å². The van der Waals surface area contributed by atoms with Crippen LogP contribution in [0.4, 0.5) is 0 Å². The molecule has 4 heteroatoms. The third-order valence-corrected chi connectivity index (χ3v) is 2.53. The molecule has 1 aromatic heterocycles. The van der Waals surface area contributed by atoms with Crippen molar-refractivity contribution < 1.29 is 14.3 Å². The van der Waals surface area contributed by atoms with Crippen LogP contribution in [-0.2, 0) is 4.74 Å². The van der Waals surface area contributed by atoms with Gasteiger partial charge in [-0.2, -0.15) is 0 Å². The van der Waals surface area contributed by atoms with Gasteiger partial charge in [0.05, 0.1) is 19.2 Å². The maximum Gasteiger partial charge on any atom is 0.356 e. The summed E-state index contributed by atoms with van der Waals surface area (Å²) in [7, 11) is 1.34. The first kappa shape index (κ1) is 12.4. The van der Waals surface area contributed by atoms with Crippen LogP contribution in [-0.4, -0.2) is 24.7 Å². The number of fused-ring (bicyclic) bond motifs is 1. The lowest BCUT2D eigenvalue weighted by molar-refractivity contribution is 0.0594. The fourth-order valence-electron chi connectivity index (χ4n) is 1.63. The lowest BCUT2D eigenvalue weighted by atomic mass is 10.2. The first-order valence-corrected chi connectivity index (χ1v) is 5.86. The van der Waals surface area contributed by atoms with E-state index in [9.17, 15) is 4.79 Å². The molecule has 94 valence electrons. The number of pyridine rings is 1. The van der Waals surface area contributed by atoms with E-state index in [0.717, 1.165) is 23.1 Å². The van der Waals surface area contributed by atoms with Gasteiger partial charge in [0, 0.05) is 5.39 Å². The van der Waals surface area contributed by atoms with Crippen molar-refractivity contribution in [3.05, 3.63) is 36.0 Å². The Morgan fingerprint density at radius 2 is 2.11 bits per heavy atom. The van der Waals surface area contributed by atoms with Crippen molar-refractivity contribution in [1.29, 1.82) is 0 Å². The summed E-state index contributed by atoms with van der Waals surface area (Å²) in [5, 5.41) is 0.941. The minimum Gasteiger partial charge on any atom is -0.494 e. The Morgan fingerprint density at radius 3 is 2.83 bits per heavy atom. The quantitative estimate of drug-likeness (QED) is 0.777. The number of hydrogen-bond acceptors (Lipinski definition) is 4. The first-order valence-electron chi connectivity index (χ1n) is 5.86. The van der Waals surface area contributed by atoms with Gasteiger partial charge >= 0.3 is 5.97 Å². The average Bonchev–Trinajstić information content (AvgIpc) is 2.43. The van der Waals surface area contributed by atoms with E-state index < -0.39 is 5.97 Å². The number of benzene rings is 1. The number of carbonyl (C=O) groups is 1. The summed E-state index contributed by atoms with van der Waals surface area (Å²) >= 11 is 0. The van der Waals surface area contributed by atoms with E-state index in [-0.39, 0.29) is 0 Å². The lowest BCUT2D eigenvalue weighted by Crippen LogP contribution is -2.03. The zero-order valence-electron chi connectivity index (χ0n) is 10.5. The van der Waals surface area contributed by atoms with Gasteiger partial charge in [0.15, 0.2) is 0 Å². The summed E-state index contributed by atoms with van der Waals surface area (Å²) in [6, 6.07) is 9.10. The van der Waals surface area contributed by atoms with Crippen molar-refractivity contribution in [3.63, 3.8) is 0 Å².